The highest BCUT2D eigenvalue weighted by molar-refractivity contribution is 4.91. The van der Waals surface area contributed by atoms with E-state index in [0.717, 1.165) is 18.6 Å². The Kier molecular flexibility index (Phi) is 3.65. The van der Waals surface area contributed by atoms with Crippen molar-refractivity contribution in [1.29, 1.82) is 0 Å². The number of hydrogen-bond acceptors (Lipinski definition) is 3. The standard InChI is InChI=1S/C12H24N2O/c1-10(2)15-9-11-4-5-14-7-6-13(3)8-12(11)14/h10-12H,4-9H2,1-3H3. The molecule has 15 heavy (non-hydrogen) atoms. The number of ether oxygens (including phenoxy) is 1. The SMILES string of the molecule is CC(C)OCC1CCN2CCN(C)CC12. The largest absolute Gasteiger partial charge is 0.378 e. The highest BCUT2D eigenvalue weighted by Crippen LogP contribution is 2.27. The lowest BCUT2D eigenvalue weighted by Crippen LogP contribution is -2.51. The van der Waals surface area contributed by atoms with E-state index in [1.807, 2.05) is 0 Å². The molecule has 0 aromatic carbocycles. The van der Waals surface area contributed by atoms with Crippen molar-refractivity contribution < 1.29 is 4.74 Å². The maximum atomic E-state index is 5.76. The molecule has 0 radical (unpaired) electrons. The molecule has 2 unspecified atom stereocenters. The van der Waals surface area contributed by atoms with Gasteiger partial charge in [-0.15, -0.1) is 0 Å². The normalized spacial score (nSPS) is 33.6. The van der Waals surface area contributed by atoms with Gasteiger partial charge in [-0.2, -0.15) is 0 Å². The van der Waals surface area contributed by atoms with Crippen LogP contribution in [0.4, 0.5) is 0 Å². The Morgan fingerprint density at radius 2 is 2.07 bits per heavy atom. The summed E-state index contributed by atoms with van der Waals surface area (Å²) in [6.07, 6.45) is 1.70. The van der Waals surface area contributed by atoms with Gasteiger partial charge in [0.2, 0.25) is 0 Å². The molecule has 0 amide bonds. The molecule has 3 nitrogen and oxygen atoms in total. The van der Waals surface area contributed by atoms with E-state index in [4.69, 9.17) is 4.74 Å². The summed E-state index contributed by atoms with van der Waals surface area (Å²) in [4.78, 5) is 5.10. The molecule has 3 heteroatoms. The van der Waals surface area contributed by atoms with Crippen molar-refractivity contribution >= 4 is 0 Å². The molecule has 2 fully saturated rings. The number of nitrogens with zero attached hydrogens (tertiary/aromatic N) is 2. The summed E-state index contributed by atoms with van der Waals surface area (Å²) in [6, 6.07) is 0.752. The molecule has 0 aromatic heterocycles. The predicted molar refractivity (Wildman–Crippen MR) is 62.1 cm³/mol. The molecule has 0 N–H and O–H groups in total. The van der Waals surface area contributed by atoms with Gasteiger partial charge >= 0.3 is 0 Å². The number of hydrogen-bond donors (Lipinski definition) is 0. The summed E-state index contributed by atoms with van der Waals surface area (Å²) < 4.78 is 5.76. The van der Waals surface area contributed by atoms with E-state index in [1.54, 1.807) is 0 Å². The molecule has 0 bridgehead atoms. The maximum absolute atomic E-state index is 5.76. The summed E-state index contributed by atoms with van der Waals surface area (Å²) in [5.74, 6) is 0.759. The molecule has 88 valence electrons. The van der Waals surface area contributed by atoms with Crippen molar-refractivity contribution in [1.82, 2.24) is 9.80 Å². The Bertz CT molecular complexity index is 208. The minimum absolute atomic E-state index is 0.375. The first-order valence-electron chi connectivity index (χ1n) is 6.21. The molecule has 2 aliphatic heterocycles. The lowest BCUT2D eigenvalue weighted by Gasteiger charge is -2.37. The minimum Gasteiger partial charge on any atom is -0.378 e. The fraction of sp³-hybridized carbons (Fsp3) is 1.00. The Morgan fingerprint density at radius 1 is 1.27 bits per heavy atom. The van der Waals surface area contributed by atoms with Crippen LogP contribution < -0.4 is 0 Å². The van der Waals surface area contributed by atoms with Crippen LogP contribution in [0.2, 0.25) is 0 Å². The maximum Gasteiger partial charge on any atom is 0.0519 e. The molecule has 0 aliphatic carbocycles. The quantitative estimate of drug-likeness (QED) is 0.695. The second-order valence-corrected chi connectivity index (χ2v) is 5.30. The Morgan fingerprint density at radius 3 is 2.80 bits per heavy atom. The summed E-state index contributed by atoms with van der Waals surface area (Å²) in [5.41, 5.74) is 0. The molecule has 2 heterocycles. The van der Waals surface area contributed by atoms with E-state index in [1.165, 1.54) is 32.6 Å². The third-order valence-electron chi connectivity index (χ3n) is 3.71. The zero-order chi connectivity index (χ0) is 10.8. The number of likely N-dealkylation sites (N-methyl/N-ethyl adjacent to an activating group) is 1. The molecular weight excluding hydrogens is 188 g/mol. The van der Waals surface area contributed by atoms with Gasteiger partial charge in [-0.1, -0.05) is 0 Å². The van der Waals surface area contributed by atoms with E-state index in [9.17, 15) is 0 Å². The van der Waals surface area contributed by atoms with Crippen molar-refractivity contribution in [3.63, 3.8) is 0 Å². The molecular formula is C12H24N2O. The summed E-state index contributed by atoms with van der Waals surface area (Å²) in [5, 5.41) is 0. The summed E-state index contributed by atoms with van der Waals surface area (Å²) in [7, 11) is 2.23. The number of rotatable bonds is 3. The van der Waals surface area contributed by atoms with Crippen LogP contribution in [-0.2, 0) is 4.74 Å². The van der Waals surface area contributed by atoms with Gasteiger partial charge in [0.25, 0.3) is 0 Å². The van der Waals surface area contributed by atoms with Gasteiger partial charge in [0, 0.05) is 31.6 Å². The first-order chi connectivity index (χ1) is 7.16. The van der Waals surface area contributed by atoms with Crippen LogP contribution in [0.3, 0.4) is 0 Å². The molecule has 0 saturated carbocycles. The molecule has 2 atom stereocenters. The van der Waals surface area contributed by atoms with Crippen LogP contribution in [0.1, 0.15) is 20.3 Å². The number of piperazine rings is 1. The summed E-state index contributed by atoms with van der Waals surface area (Å²) >= 11 is 0. The fourth-order valence-electron chi connectivity index (χ4n) is 2.75. The summed E-state index contributed by atoms with van der Waals surface area (Å²) in [6.45, 7) is 10.2. The molecule has 2 aliphatic rings. The zero-order valence-electron chi connectivity index (χ0n) is 10.3. The van der Waals surface area contributed by atoms with E-state index in [0.29, 0.717) is 6.10 Å². The molecule has 0 aromatic rings. The van der Waals surface area contributed by atoms with E-state index >= 15 is 0 Å². The van der Waals surface area contributed by atoms with Crippen LogP contribution in [0.5, 0.6) is 0 Å². The molecule has 2 saturated heterocycles. The monoisotopic (exact) mass is 212 g/mol. The van der Waals surface area contributed by atoms with Crippen molar-refractivity contribution in [3.8, 4) is 0 Å². The van der Waals surface area contributed by atoms with Gasteiger partial charge in [0.15, 0.2) is 0 Å². The van der Waals surface area contributed by atoms with Crippen LogP contribution >= 0.6 is 0 Å². The highest BCUT2D eigenvalue weighted by atomic mass is 16.5. The van der Waals surface area contributed by atoms with Gasteiger partial charge in [0.05, 0.1) is 12.7 Å². The fourth-order valence-corrected chi connectivity index (χ4v) is 2.75. The van der Waals surface area contributed by atoms with Crippen molar-refractivity contribution in [2.45, 2.75) is 32.4 Å². The van der Waals surface area contributed by atoms with Crippen molar-refractivity contribution in [2.75, 3.05) is 39.8 Å². The van der Waals surface area contributed by atoms with Crippen LogP contribution in [0, 0.1) is 5.92 Å². The van der Waals surface area contributed by atoms with E-state index in [-0.39, 0.29) is 0 Å². The second kappa shape index (κ2) is 4.81. The molecule has 2 rings (SSSR count). The Hall–Kier alpha value is -0.120. The number of fused-ring (bicyclic) bond motifs is 1. The highest BCUT2D eigenvalue weighted by Gasteiger charge is 2.37. The van der Waals surface area contributed by atoms with Gasteiger partial charge in [0.1, 0.15) is 0 Å². The first-order valence-corrected chi connectivity index (χ1v) is 6.21. The third-order valence-corrected chi connectivity index (χ3v) is 3.71. The lowest BCUT2D eigenvalue weighted by atomic mass is 10.00. The van der Waals surface area contributed by atoms with E-state index in [2.05, 4.69) is 30.7 Å². The van der Waals surface area contributed by atoms with E-state index < -0.39 is 0 Å². The van der Waals surface area contributed by atoms with Crippen molar-refractivity contribution in [3.05, 3.63) is 0 Å². The average Bonchev–Trinajstić information content (AvgIpc) is 2.57. The van der Waals surface area contributed by atoms with Gasteiger partial charge in [-0.25, -0.2) is 0 Å². The second-order valence-electron chi connectivity index (χ2n) is 5.30. The van der Waals surface area contributed by atoms with Gasteiger partial charge in [-0.3, -0.25) is 4.90 Å². The average molecular weight is 212 g/mol. The minimum atomic E-state index is 0.375. The zero-order valence-corrected chi connectivity index (χ0v) is 10.3. The van der Waals surface area contributed by atoms with Crippen molar-refractivity contribution in [2.24, 2.45) is 5.92 Å². The van der Waals surface area contributed by atoms with Gasteiger partial charge < -0.3 is 9.64 Å². The van der Waals surface area contributed by atoms with Crippen LogP contribution in [0.25, 0.3) is 0 Å². The third kappa shape index (κ3) is 2.71. The smallest absolute Gasteiger partial charge is 0.0519 e. The Labute approximate surface area is 93.4 Å². The topological polar surface area (TPSA) is 15.7 Å². The first kappa shape index (κ1) is 11.4. The van der Waals surface area contributed by atoms with Crippen LogP contribution in [-0.4, -0.2) is 61.8 Å². The molecule has 0 spiro atoms. The lowest BCUT2D eigenvalue weighted by molar-refractivity contribution is 0.0253. The predicted octanol–water partition coefficient (Wildman–Crippen LogP) is 1.05. The Balaban J connectivity index is 1.85. The van der Waals surface area contributed by atoms with Gasteiger partial charge in [-0.05, 0) is 33.9 Å². The van der Waals surface area contributed by atoms with Crippen LogP contribution in [0.15, 0.2) is 0 Å².